The summed E-state index contributed by atoms with van der Waals surface area (Å²) in [6.45, 7) is 2.90. The lowest BCUT2D eigenvalue weighted by atomic mass is 10.1. The van der Waals surface area contributed by atoms with Crippen molar-refractivity contribution in [1.82, 2.24) is 9.80 Å². The van der Waals surface area contributed by atoms with Crippen molar-refractivity contribution < 1.29 is 19.1 Å². The molecule has 4 rings (SSSR count). The molecule has 0 aliphatic carbocycles. The molecule has 3 aliphatic heterocycles. The van der Waals surface area contributed by atoms with Gasteiger partial charge >= 0.3 is 6.03 Å². The molecule has 132 valence electrons. The molecule has 1 aromatic carbocycles. The molecule has 0 bridgehead atoms. The van der Waals surface area contributed by atoms with Gasteiger partial charge in [-0.25, -0.2) is 9.69 Å². The summed E-state index contributed by atoms with van der Waals surface area (Å²) in [5.74, 6) is -0.455. The average molecular weight is 343 g/mol. The molecule has 1 aromatic rings. The van der Waals surface area contributed by atoms with Crippen LogP contribution in [0.4, 0.5) is 10.5 Å². The minimum absolute atomic E-state index is 0.108. The maximum absolute atomic E-state index is 12.8. The second kappa shape index (κ2) is 5.84. The molecule has 25 heavy (non-hydrogen) atoms. The van der Waals surface area contributed by atoms with Gasteiger partial charge in [0.1, 0.15) is 12.1 Å². The van der Waals surface area contributed by atoms with Crippen LogP contribution in [0.1, 0.15) is 18.4 Å². The van der Waals surface area contributed by atoms with Crippen molar-refractivity contribution in [3.05, 3.63) is 29.8 Å². The van der Waals surface area contributed by atoms with E-state index in [2.05, 4.69) is 0 Å². The van der Waals surface area contributed by atoms with Crippen LogP contribution in [0.2, 0.25) is 0 Å². The Labute approximate surface area is 146 Å². The SMILES string of the molecule is CO[C@@H]1C[C@@H]2C(=O)N([C@@H]3CCN(c4ccc(C)cc4)C3=O)C(=O)N2C1. The molecule has 0 radical (unpaired) electrons. The predicted octanol–water partition coefficient (Wildman–Crippen LogP) is 1.15. The number of urea groups is 1. The molecule has 4 amide bonds. The Morgan fingerprint density at radius 3 is 2.40 bits per heavy atom. The molecule has 3 atom stereocenters. The topological polar surface area (TPSA) is 70.2 Å². The molecular formula is C18H21N3O4. The summed E-state index contributed by atoms with van der Waals surface area (Å²) in [6, 6.07) is 6.13. The summed E-state index contributed by atoms with van der Waals surface area (Å²) < 4.78 is 5.27. The Kier molecular flexibility index (Phi) is 3.76. The van der Waals surface area contributed by atoms with Crippen LogP contribution in [-0.4, -0.2) is 66.0 Å². The van der Waals surface area contributed by atoms with Crippen LogP contribution in [0, 0.1) is 6.92 Å². The standard InChI is InChI=1S/C18H21N3O4/c1-11-3-5-12(6-4-11)19-8-7-14(16(19)22)21-17(23)15-9-13(25-2)10-20(15)18(21)24/h3-6,13-15H,7-10H2,1-2H3/t13-,14-,15-/m1/s1. The van der Waals surface area contributed by atoms with Crippen LogP contribution in [0.5, 0.6) is 0 Å². The van der Waals surface area contributed by atoms with Crippen LogP contribution >= 0.6 is 0 Å². The summed E-state index contributed by atoms with van der Waals surface area (Å²) >= 11 is 0. The second-order valence-electron chi connectivity index (χ2n) is 6.88. The number of benzene rings is 1. The van der Waals surface area contributed by atoms with E-state index < -0.39 is 12.1 Å². The van der Waals surface area contributed by atoms with Gasteiger partial charge in [-0.2, -0.15) is 0 Å². The highest BCUT2D eigenvalue weighted by Crippen LogP contribution is 2.33. The number of hydrogen-bond acceptors (Lipinski definition) is 4. The minimum atomic E-state index is -0.701. The first-order chi connectivity index (χ1) is 12.0. The monoisotopic (exact) mass is 343 g/mol. The van der Waals surface area contributed by atoms with Gasteiger partial charge in [0.15, 0.2) is 0 Å². The summed E-state index contributed by atoms with van der Waals surface area (Å²) in [7, 11) is 1.58. The Morgan fingerprint density at radius 2 is 1.76 bits per heavy atom. The molecule has 0 spiro atoms. The maximum Gasteiger partial charge on any atom is 0.328 e. The highest BCUT2D eigenvalue weighted by atomic mass is 16.5. The zero-order valence-corrected chi connectivity index (χ0v) is 14.3. The number of carbonyl (C=O) groups excluding carboxylic acids is 3. The molecule has 7 nitrogen and oxygen atoms in total. The summed E-state index contributed by atoms with van der Waals surface area (Å²) in [6.07, 6.45) is 0.863. The molecule has 3 saturated heterocycles. The third-order valence-corrected chi connectivity index (χ3v) is 5.40. The number of aryl methyl sites for hydroxylation is 1. The van der Waals surface area contributed by atoms with Gasteiger partial charge in [0.2, 0.25) is 5.91 Å². The van der Waals surface area contributed by atoms with Crippen molar-refractivity contribution in [2.75, 3.05) is 25.1 Å². The van der Waals surface area contributed by atoms with E-state index >= 15 is 0 Å². The highest BCUT2D eigenvalue weighted by molar-refractivity contribution is 6.11. The van der Waals surface area contributed by atoms with Gasteiger partial charge in [0.05, 0.1) is 6.10 Å². The maximum atomic E-state index is 12.8. The van der Waals surface area contributed by atoms with E-state index in [4.69, 9.17) is 4.74 Å². The van der Waals surface area contributed by atoms with E-state index in [1.54, 1.807) is 12.0 Å². The third-order valence-electron chi connectivity index (χ3n) is 5.40. The fourth-order valence-electron chi connectivity index (χ4n) is 3.98. The van der Waals surface area contributed by atoms with E-state index in [1.165, 1.54) is 9.80 Å². The Bertz CT molecular complexity index is 708. The van der Waals surface area contributed by atoms with Gasteiger partial charge < -0.3 is 14.5 Å². The molecule has 0 N–H and O–H groups in total. The van der Waals surface area contributed by atoms with Crippen molar-refractivity contribution in [3.63, 3.8) is 0 Å². The largest absolute Gasteiger partial charge is 0.380 e. The molecule has 3 aliphatic rings. The molecule has 0 saturated carbocycles. The van der Waals surface area contributed by atoms with Crippen LogP contribution in [0.15, 0.2) is 24.3 Å². The van der Waals surface area contributed by atoms with Gasteiger partial charge in [-0.3, -0.25) is 9.59 Å². The van der Waals surface area contributed by atoms with E-state index in [1.807, 2.05) is 31.2 Å². The fraction of sp³-hybridized carbons (Fsp3) is 0.500. The number of fused-ring (bicyclic) bond motifs is 1. The zero-order chi connectivity index (χ0) is 17.7. The summed E-state index contributed by atoms with van der Waals surface area (Å²) in [5, 5.41) is 0. The van der Waals surface area contributed by atoms with Gasteiger partial charge in [-0.15, -0.1) is 0 Å². The number of ether oxygens (including phenoxy) is 1. The van der Waals surface area contributed by atoms with E-state index in [0.29, 0.717) is 25.9 Å². The molecule has 7 heteroatoms. The van der Waals surface area contributed by atoms with E-state index in [-0.39, 0.29) is 23.9 Å². The molecule has 0 unspecified atom stereocenters. The van der Waals surface area contributed by atoms with E-state index in [9.17, 15) is 14.4 Å². The highest BCUT2D eigenvalue weighted by Gasteiger charge is 2.55. The number of nitrogens with zero attached hydrogens (tertiary/aromatic N) is 3. The predicted molar refractivity (Wildman–Crippen MR) is 90.1 cm³/mol. The Balaban J connectivity index is 1.54. The number of rotatable bonds is 3. The van der Waals surface area contributed by atoms with Gasteiger partial charge in [-0.1, -0.05) is 17.7 Å². The second-order valence-corrected chi connectivity index (χ2v) is 6.88. The first-order valence-electron chi connectivity index (χ1n) is 8.55. The van der Waals surface area contributed by atoms with Crippen molar-refractivity contribution in [2.45, 2.75) is 38.0 Å². The minimum Gasteiger partial charge on any atom is -0.380 e. The lowest BCUT2D eigenvalue weighted by Crippen LogP contribution is -2.47. The fourth-order valence-corrected chi connectivity index (χ4v) is 3.98. The quantitative estimate of drug-likeness (QED) is 0.772. The lowest BCUT2D eigenvalue weighted by Gasteiger charge is -2.23. The number of amides is 4. The van der Waals surface area contributed by atoms with Gasteiger partial charge in [0, 0.05) is 32.3 Å². The third kappa shape index (κ3) is 2.41. The number of methoxy groups -OCH3 is 1. The molecule has 3 fully saturated rings. The summed E-state index contributed by atoms with van der Waals surface area (Å²) in [4.78, 5) is 42.6. The number of carbonyl (C=O) groups is 3. The molecule has 3 heterocycles. The van der Waals surface area contributed by atoms with E-state index in [0.717, 1.165) is 11.3 Å². The lowest BCUT2D eigenvalue weighted by molar-refractivity contribution is -0.134. The zero-order valence-electron chi connectivity index (χ0n) is 14.3. The van der Waals surface area contributed by atoms with Gasteiger partial charge in [0.25, 0.3) is 5.91 Å². The molecular weight excluding hydrogens is 322 g/mol. The normalized spacial score (nSPS) is 29.1. The average Bonchev–Trinajstić information content (AvgIpc) is 3.25. The van der Waals surface area contributed by atoms with Crippen molar-refractivity contribution >= 4 is 23.5 Å². The number of hydrogen-bond donors (Lipinski definition) is 0. The molecule has 0 aromatic heterocycles. The first-order valence-corrected chi connectivity index (χ1v) is 8.55. The van der Waals surface area contributed by atoms with Gasteiger partial charge in [-0.05, 0) is 25.5 Å². The summed E-state index contributed by atoms with van der Waals surface area (Å²) in [5.41, 5.74) is 1.92. The van der Waals surface area contributed by atoms with Crippen molar-refractivity contribution in [2.24, 2.45) is 0 Å². The number of imide groups is 1. The van der Waals surface area contributed by atoms with Crippen LogP contribution in [0.3, 0.4) is 0 Å². The van der Waals surface area contributed by atoms with Crippen LogP contribution in [-0.2, 0) is 14.3 Å². The Hall–Kier alpha value is -2.41. The first kappa shape index (κ1) is 16.1. The smallest absolute Gasteiger partial charge is 0.328 e. The van der Waals surface area contributed by atoms with Crippen LogP contribution in [0.25, 0.3) is 0 Å². The van der Waals surface area contributed by atoms with Crippen LogP contribution < -0.4 is 4.90 Å². The number of anilines is 1. The Morgan fingerprint density at radius 1 is 1.04 bits per heavy atom. The van der Waals surface area contributed by atoms with Crippen molar-refractivity contribution in [1.29, 1.82) is 0 Å². The van der Waals surface area contributed by atoms with Crippen molar-refractivity contribution in [3.8, 4) is 0 Å².